The van der Waals surface area contributed by atoms with Crippen LogP contribution in [0.4, 0.5) is 9.59 Å². The van der Waals surface area contributed by atoms with E-state index in [-0.39, 0.29) is 11.9 Å². The molecule has 0 unspecified atom stereocenters. The lowest BCUT2D eigenvalue weighted by Gasteiger charge is -2.40. The van der Waals surface area contributed by atoms with E-state index in [0.29, 0.717) is 0 Å². The number of rotatable bonds is 0. The van der Waals surface area contributed by atoms with Gasteiger partial charge in [-0.25, -0.2) is 14.5 Å². The van der Waals surface area contributed by atoms with Crippen LogP contribution in [0.2, 0.25) is 0 Å². The lowest BCUT2D eigenvalue weighted by Crippen LogP contribution is -2.63. The second kappa shape index (κ2) is 2.91. The van der Waals surface area contributed by atoms with Crippen LogP contribution in [0.25, 0.3) is 0 Å². The Hall–Kier alpha value is -1.79. The Morgan fingerprint density at radius 2 is 1.71 bits per heavy atom. The van der Waals surface area contributed by atoms with Crippen molar-refractivity contribution in [2.24, 2.45) is 0 Å². The van der Waals surface area contributed by atoms with Gasteiger partial charge in [0.1, 0.15) is 0 Å². The quantitative estimate of drug-likeness (QED) is 0.647. The fourth-order valence-electron chi connectivity index (χ4n) is 2.73. The molecular weight excluding hydrogens is 224 g/mol. The molecule has 17 heavy (non-hydrogen) atoms. The number of fused-ring (bicyclic) bond motifs is 1. The molecule has 0 aromatic carbocycles. The van der Waals surface area contributed by atoms with Crippen LogP contribution in [0.5, 0.6) is 0 Å². The molecule has 7 nitrogen and oxygen atoms in total. The monoisotopic (exact) mass is 240 g/mol. The summed E-state index contributed by atoms with van der Waals surface area (Å²) in [6.45, 7) is 4.75. The number of nitrogens with one attached hydrogen (secondary N) is 1. The lowest BCUT2D eigenvalue weighted by atomic mass is 9.97. The normalized spacial score (nSPS) is 36.4. The third-order valence-electron chi connectivity index (χ3n) is 4.12. The van der Waals surface area contributed by atoms with E-state index in [0.717, 1.165) is 4.90 Å². The van der Waals surface area contributed by atoms with Gasteiger partial charge >= 0.3 is 12.1 Å². The maximum Gasteiger partial charge on any atom is 0.330 e. The number of urea groups is 2. The van der Waals surface area contributed by atoms with Gasteiger partial charge in [0.05, 0.1) is 0 Å². The van der Waals surface area contributed by atoms with E-state index < -0.39 is 17.4 Å². The van der Waals surface area contributed by atoms with Crippen LogP contribution in [0, 0.1) is 0 Å². The predicted molar refractivity (Wildman–Crippen MR) is 58.8 cm³/mol. The minimum atomic E-state index is -1.05. The van der Waals surface area contributed by atoms with Crippen LogP contribution in [0.1, 0.15) is 20.8 Å². The van der Waals surface area contributed by atoms with Gasteiger partial charge < -0.3 is 15.1 Å². The number of hydrogen-bond acceptors (Lipinski definition) is 3. The highest BCUT2D eigenvalue weighted by atomic mass is 16.2. The van der Waals surface area contributed by atoms with Gasteiger partial charge in [-0.05, 0) is 13.8 Å². The van der Waals surface area contributed by atoms with E-state index in [1.54, 1.807) is 27.9 Å². The van der Waals surface area contributed by atoms with Gasteiger partial charge in [-0.1, -0.05) is 0 Å². The molecule has 7 heteroatoms. The van der Waals surface area contributed by atoms with Crippen molar-refractivity contribution in [2.45, 2.75) is 32.1 Å². The van der Waals surface area contributed by atoms with Crippen molar-refractivity contribution < 1.29 is 14.4 Å². The molecule has 2 aliphatic rings. The summed E-state index contributed by atoms with van der Waals surface area (Å²) >= 11 is 0. The maximum absolute atomic E-state index is 12.1. The first kappa shape index (κ1) is 11.7. The molecule has 0 aliphatic carbocycles. The Bertz CT molecular complexity index is 437. The van der Waals surface area contributed by atoms with E-state index in [4.69, 9.17) is 0 Å². The zero-order valence-corrected chi connectivity index (χ0v) is 10.6. The summed E-state index contributed by atoms with van der Waals surface area (Å²) in [5.74, 6) is -0.385. The molecule has 0 radical (unpaired) electrons. The van der Waals surface area contributed by atoms with Gasteiger partial charge in [-0.2, -0.15) is 0 Å². The standard InChI is InChI=1S/C10H16N4O3/c1-6(15)14-8(17)13(5)10(3)9(14,2)11-7(16)12(10)4/h1-5H3,(H,11,16)/t9-,10+/m0/s1. The number of imide groups is 1. The topological polar surface area (TPSA) is 73.0 Å². The van der Waals surface area contributed by atoms with Crippen molar-refractivity contribution in [3.05, 3.63) is 0 Å². The number of carbonyl (C=O) groups is 3. The Balaban J connectivity index is 2.63. The van der Waals surface area contributed by atoms with Crippen LogP contribution < -0.4 is 5.32 Å². The SMILES string of the molecule is CC(=O)N1C(=O)N(C)[C@@]2(C)N(C)C(=O)N[C@@]12C. The molecule has 5 amide bonds. The summed E-state index contributed by atoms with van der Waals surface area (Å²) in [4.78, 5) is 39.4. The molecule has 1 N–H and O–H groups in total. The van der Waals surface area contributed by atoms with Crippen molar-refractivity contribution in [3.63, 3.8) is 0 Å². The van der Waals surface area contributed by atoms with E-state index in [1.807, 2.05) is 0 Å². The Labute approximate surface area is 99.3 Å². The van der Waals surface area contributed by atoms with Crippen LogP contribution >= 0.6 is 0 Å². The number of carbonyl (C=O) groups excluding carboxylic acids is 3. The summed E-state index contributed by atoms with van der Waals surface area (Å²) in [6, 6.07) is -0.713. The first-order valence-electron chi connectivity index (χ1n) is 5.32. The molecule has 0 spiro atoms. The largest absolute Gasteiger partial charge is 0.330 e. The highest BCUT2D eigenvalue weighted by molar-refractivity contribution is 5.99. The van der Waals surface area contributed by atoms with Gasteiger partial charge in [-0.15, -0.1) is 0 Å². The molecule has 2 saturated heterocycles. The maximum atomic E-state index is 12.1. The van der Waals surface area contributed by atoms with E-state index in [1.165, 1.54) is 16.7 Å². The first-order valence-corrected chi connectivity index (χ1v) is 5.32. The molecule has 2 fully saturated rings. The zero-order valence-electron chi connectivity index (χ0n) is 10.6. The molecule has 2 atom stereocenters. The zero-order chi connectivity index (χ0) is 13.2. The van der Waals surface area contributed by atoms with Crippen LogP contribution in [-0.2, 0) is 4.79 Å². The Morgan fingerprint density at radius 1 is 1.18 bits per heavy atom. The smallest absolute Gasteiger partial charge is 0.311 e. The summed E-state index contributed by atoms with van der Waals surface area (Å²) in [6.07, 6.45) is 0. The fraction of sp³-hybridized carbons (Fsp3) is 0.700. The number of hydrogen-bond donors (Lipinski definition) is 1. The number of likely N-dealkylation sites (N-methyl/N-ethyl adjacent to an activating group) is 2. The minimum absolute atomic E-state index is 0.305. The van der Waals surface area contributed by atoms with Crippen LogP contribution in [-0.4, -0.2) is 58.1 Å². The number of amides is 5. The molecule has 0 saturated carbocycles. The Kier molecular flexibility index (Phi) is 2.00. The second-order valence-electron chi connectivity index (χ2n) is 4.78. The van der Waals surface area contributed by atoms with Gasteiger partial charge in [0.25, 0.3) is 0 Å². The van der Waals surface area contributed by atoms with E-state index in [2.05, 4.69) is 5.32 Å². The van der Waals surface area contributed by atoms with Crippen molar-refractivity contribution in [1.82, 2.24) is 20.0 Å². The average Bonchev–Trinajstić information content (AvgIpc) is 2.47. The molecule has 0 bridgehead atoms. The third kappa shape index (κ3) is 0.992. The fourth-order valence-corrected chi connectivity index (χ4v) is 2.73. The van der Waals surface area contributed by atoms with Gasteiger partial charge in [-0.3, -0.25) is 4.79 Å². The molecule has 2 rings (SSSR count). The first-order chi connectivity index (χ1) is 7.68. The highest BCUT2D eigenvalue weighted by Gasteiger charge is 2.70. The van der Waals surface area contributed by atoms with Crippen molar-refractivity contribution in [2.75, 3.05) is 14.1 Å². The third-order valence-corrected chi connectivity index (χ3v) is 4.12. The van der Waals surface area contributed by atoms with Gasteiger partial charge in [0.2, 0.25) is 5.91 Å². The van der Waals surface area contributed by atoms with Crippen molar-refractivity contribution in [3.8, 4) is 0 Å². The Morgan fingerprint density at radius 3 is 2.18 bits per heavy atom. The van der Waals surface area contributed by atoms with Crippen molar-refractivity contribution in [1.29, 1.82) is 0 Å². The second-order valence-corrected chi connectivity index (χ2v) is 4.78. The minimum Gasteiger partial charge on any atom is -0.311 e. The lowest BCUT2D eigenvalue weighted by molar-refractivity contribution is -0.131. The summed E-state index contributed by atoms with van der Waals surface area (Å²) in [5, 5.41) is 2.70. The van der Waals surface area contributed by atoms with Gasteiger partial charge in [0, 0.05) is 21.0 Å². The summed E-state index contributed by atoms with van der Waals surface area (Å²) in [7, 11) is 3.19. The average molecular weight is 240 g/mol. The molecule has 2 heterocycles. The van der Waals surface area contributed by atoms with Gasteiger partial charge in [0.15, 0.2) is 11.3 Å². The molecule has 0 aromatic rings. The number of nitrogens with zero attached hydrogens (tertiary/aromatic N) is 3. The van der Waals surface area contributed by atoms with E-state index in [9.17, 15) is 14.4 Å². The molecule has 0 aromatic heterocycles. The van der Waals surface area contributed by atoms with Crippen LogP contribution in [0.15, 0.2) is 0 Å². The highest BCUT2D eigenvalue weighted by Crippen LogP contribution is 2.44. The van der Waals surface area contributed by atoms with Crippen molar-refractivity contribution >= 4 is 18.0 Å². The molecule has 2 aliphatic heterocycles. The predicted octanol–water partition coefficient (Wildman–Crippen LogP) is -0.0123. The molecule has 94 valence electrons. The summed E-state index contributed by atoms with van der Waals surface area (Å²) < 4.78 is 0. The van der Waals surface area contributed by atoms with Crippen LogP contribution in [0.3, 0.4) is 0 Å². The van der Waals surface area contributed by atoms with E-state index >= 15 is 0 Å². The molecular formula is C10H16N4O3. The summed E-state index contributed by atoms with van der Waals surface area (Å²) in [5.41, 5.74) is -1.93.